The fraction of sp³-hybridized carbons (Fsp3) is 0.524. The zero-order chi connectivity index (χ0) is 22.2. The minimum atomic E-state index is -0.509. The third kappa shape index (κ3) is 4.04. The van der Waals surface area contributed by atoms with Gasteiger partial charge >= 0.3 is 6.03 Å². The van der Waals surface area contributed by atoms with E-state index >= 15 is 0 Å². The van der Waals surface area contributed by atoms with E-state index in [0.717, 1.165) is 34.7 Å². The summed E-state index contributed by atoms with van der Waals surface area (Å²) >= 11 is 3.46. The van der Waals surface area contributed by atoms with Gasteiger partial charge in [0.05, 0.1) is 23.4 Å². The molecule has 1 aromatic heterocycles. The van der Waals surface area contributed by atoms with Gasteiger partial charge < -0.3 is 19.4 Å². The monoisotopic (exact) mass is 474 g/mol. The predicted octanol–water partition coefficient (Wildman–Crippen LogP) is 1.90. The van der Waals surface area contributed by atoms with E-state index in [1.165, 1.54) is 9.60 Å². The molecule has 0 radical (unpaired) electrons. The molecule has 1 N–H and O–H groups in total. The number of nitrogens with zero attached hydrogens (tertiary/aromatic N) is 5. The zero-order valence-corrected chi connectivity index (χ0v) is 19.7. The molecule has 0 saturated carbocycles. The summed E-state index contributed by atoms with van der Waals surface area (Å²) in [4.78, 5) is 40.3. The van der Waals surface area contributed by atoms with E-state index < -0.39 is 18.2 Å². The van der Waals surface area contributed by atoms with Crippen molar-refractivity contribution in [1.29, 1.82) is 0 Å². The quantitative estimate of drug-likeness (QED) is 0.662. The number of para-hydroxylation sites is 1. The lowest BCUT2D eigenvalue weighted by Gasteiger charge is -2.39. The molecule has 0 bridgehead atoms. The van der Waals surface area contributed by atoms with Crippen LogP contribution in [0.25, 0.3) is 10.2 Å². The molecule has 32 heavy (non-hydrogen) atoms. The van der Waals surface area contributed by atoms with Gasteiger partial charge in [-0.15, -0.1) is 11.3 Å². The topological polar surface area (TPSA) is 90.4 Å². The highest BCUT2D eigenvalue weighted by atomic mass is 32.2. The van der Waals surface area contributed by atoms with Crippen molar-refractivity contribution in [1.82, 2.24) is 25.0 Å². The number of imide groups is 1. The Morgan fingerprint density at radius 3 is 2.84 bits per heavy atom. The summed E-state index contributed by atoms with van der Waals surface area (Å²) in [7, 11) is 1.69. The van der Waals surface area contributed by atoms with Crippen LogP contribution in [0, 0.1) is 5.92 Å². The summed E-state index contributed by atoms with van der Waals surface area (Å²) in [6.07, 6.45) is -0.502. The maximum absolute atomic E-state index is 12.8. The van der Waals surface area contributed by atoms with Crippen LogP contribution in [-0.4, -0.2) is 95.4 Å². The molecule has 2 saturated heterocycles. The highest BCUT2D eigenvalue weighted by Crippen LogP contribution is 2.32. The number of carbonyl (C=O) groups excluding carboxylic acids is 2. The van der Waals surface area contributed by atoms with E-state index in [1.54, 1.807) is 30.1 Å². The summed E-state index contributed by atoms with van der Waals surface area (Å²) in [5.41, 5.74) is 1.03. The van der Waals surface area contributed by atoms with Crippen molar-refractivity contribution < 1.29 is 14.3 Å². The first-order valence-corrected chi connectivity index (χ1v) is 12.5. The molecule has 4 heterocycles. The number of rotatable bonds is 5. The lowest BCUT2D eigenvalue weighted by atomic mass is 10.1. The van der Waals surface area contributed by atoms with Crippen LogP contribution in [0.2, 0.25) is 0 Å². The predicted molar refractivity (Wildman–Crippen MR) is 125 cm³/mol. The normalized spacial score (nSPS) is 24.6. The standard InChI is InChI=1S/C21H26N6O3S2/c1-13(12-31-21-22-14-5-3-4-6-15(14)32-21)11-27-16-17(25(2)20(29)24-18(16)28)23-19(27)26-7-9-30-10-8-26/h3-6,13,16-17H,7-12H2,1-2H3,(H,24,28,29). The van der Waals surface area contributed by atoms with Crippen LogP contribution in [0.1, 0.15) is 6.92 Å². The number of nitrogens with one attached hydrogen (secondary N) is 1. The molecule has 11 heteroatoms. The fourth-order valence-corrected chi connectivity index (χ4v) is 6.35. The number of benzene rings is 1. The van der Waals surface area contributed by atoms with Crippen molar-refractivity contribution >= 4 is 51.2 Å². The number of guanidine groups is 1. The molecule has 1 aromatic carbocycles. The Bertz CT molecular complexity index is 1020. The first kappa shape index (κ1) is 21.5. The molecule has 2 fully saturated rings. The van der Waals surface area contributed by atoms with Crippen LogP contribution in [-0.2, 0) is 9.53 Å². The number of thiazole rings is 1. The van der Waals surface area contributed by atoms with E-state index in [-0.39, 0.29) is 11.8 Å². The van der Waals surface area contributed by atoms with Gasteiger partial charge in [-0.25, -0.2) is 14.8 Å². The van der Waals surface area contributed by atoms with Gasteiger partial charge in [0.1, 0.15) is 0 Å². The van der Waals surface area contributed by atoms with Gasteiger partial charge in [0.15, 0.2) is 22.5 Å². The van der Waals surface area contributed by atoms with Crippen LogP contribution < -0.4 is 5.32 Å². The largest absolute Gasteiger partial charge is 0.378 e. The summed E-state index contributed by atoms with van der Waals surface area (Å²) in [5, 5.41) is 2.48. The van der Waals surface area contributed by atoms with Crippen LogP contribution >= 0.6 is 23.1 Å². The Hall–Kier alpha value is -2.37. The maximum atomic E-state index is 12.8. The second-order valence-electron chi connectivity index (χ2n) is 8.31. The molecule has 9 nitrogen and oxygen atoms in total. The molecule has 3 atom stereocenters. The number of aliphatic imine (C=N–C) groups is 1. The Balaban J connectivity index is 1.31. The van der Waals surface area contributed by atoms with Gasteiger partial charge in [-0.05, 0) is 18.1 Å². The van der Waals surface area contributed by atoms with E-state index in [4.69, 9.17) is 14.7 Å². The van der Waals surface area contributed by atoms with Gasteiger partial charge in [0.25, 0.3) is 5.91 Å². The van der Waals surface area contributed by atoms with Gasteiger partial charge in [-0.1, -0.05) is 30.8 Å². The molecule has 2 aromatic rings. The van der Waals surface area contributed by atoms with Crippen molar-refractivity contribution in [2.24, 2.45) is 10.9 Å². The number of ether oxygens (including phenoxy) is 1. The molecule has 3 aliphatic heterocycles. The third-order valence-electron chi connectivity index (χ3n) is 5.91. The lowest BCUT2D eigenvalue weighted by Crippen LogP contribution is -2.64. The second kappa shape index (κ2) is 8.87. The average Bonchev–Trinajstić information content (AvgIpc) is 3.38. The highest BCUT2D eigenvalue weighted by Gasteiger charge is 2.49. The molecule has 3 amide bonds. The number of amides is 3. The summed E-state index contributed by atoms with van der Waals surface area (Å²) in [5.74, 6) is 1.67. The van der Waals surface area contributed by atoms with Gasteiger partial charge in [0.2, 0.25) is 0 Å². The van der Waals surface area contributed by atoms with Gasteiger partial charge in [0, 0.05) is 32.4 Å². The number of hydrogen-bond acceptors (Lipinski definition) is 9. The lowest BCUT2D eigenvalue weighted by molar-refractivity contribution is -0.127. The molecule has 3 unspecified atom stereocenters. The van der Waals surface area contributed by atoms with E-state index in [1.807, 2.05) is 18.2 Å². The molecule has 0 spiro atoms. The number of thioether (sulfide) groups is 1. The van der Waals surface area contributed by atoms with Crippen LogP contribution in [0.5, 0.6) is 0 Å². The van der Waals surface area contributed by atoms with Crippen LogP contribution in [0.3, 0.4) is 0 Å². The number of aromatic nitrogens is 1. The summed E-state index contributed by atoms with van der Waals surface area (Å²) in [6.45, 7) is 5.56. The van der Waals surface area contributed by atoms with Crippen molar-refractivity contribution in [2.45, 2.75) is 23.5 Å². The highest BCUT2D eigenvalue weighted by molar-refractivity contribution is 8.01. The van der Waals surface area contributed by atoms with Crippen molar-refractivity contribution in [3.05, 3.63) is 24.3 Å². The summed E-state index contributed by atoms with van der Waals surface area (Å²) in [6, 6.07) is 7.26. The minimum absolute atomic E-state index is 0.281. The number of hydrogen-bond donors (Lipinski definition) is 1. The molecule has 0 aliphatic carbocycles. The Morgan fingerprint density at radius 2 is 2.06 bits per heavy atom. The van der Waals surface area contributed by atoms with Crippen LogP contribution in [0.4, 0.5) is 4.79 Å². The smallest absolute Gasteiger partial charge is 0.325 e. The Labute approximate surface area is 194 Å². The SMILES string of the molecule is CC(CSc1nc2ccccc2s1)CN1C(N2CCOCC2)=NC2C1C(=O)NC(=O)N2C. The summed E-state index contributed by atoms with van der Waals surface area (Å²) < 4.78 is 7.75. The Morgan fingerprint density at radius 1 is 1.28 bits per heavy atom. The number of urea groups is 1. The molecule has 3 aliphatic rings. The Kier molecular flexibility index (Phi) is 5.95. The average molecular weight is 475 g/mol. The second-order valence-corrected chi connectivity index (χ2v) is 10.6. The number of carbonyl (C=O) groups is 2. The number of fused-ring (bicyclic) bond motifs is 2. The van der Waals surface area contributed by atoms with Crippen molar-refractivity contribution in [3.63, 3.8) is 0 Å². The molecule has 170 valence electrons. The van der Waals surface area contributed by atoms with Gasteiger partial charge in [-0.3, -0.25) is 10.1 Å². The zero-order valence-electron chi connectivity index (χ0n) is 18.1. The van der Waals surface area contributed by atoms with E-state index in [2.05, 4.69) is 28.1 Å². The molecular formula is C21H26N6O3S2. The number of morpholine rings is 1. The van der Waals surface area contributed by atoms with E-state index in [9.17, 15) is 9.59 Å². The first-order valence-electron chi connectivity index (χ1n) is 10.7. The van der Waals surface area contributed by atoms with E-state index in [0.29, 0.717) is 19.8 Å². The van der Waals surface area contributed by atoms with Crippen molar-refractivity contribution in [2.75, 3.05) is 45.6 Å². The first-order chi connectivity index (χ1) is 15.5. The van der Waals surface area contributed by atoms with Gasteiger partial charge in [-0.2, -0.15) is 0 Å². The third-order valence-corrected chi connectivity index (χ3v) is 8.42. The fourth-order valence-electron chi connectivity index (χ4n) is 4.25. The van der Waals surface area contributed by atoms with Crippen LogP contribution in [0.15, 0.2) is 33.6 Å². The minimum Gasteiger partial charge on any atom is -0.378 e. The maximum Gasteiger partial charge on any atom is 0.325 e. The van der Waals surface area contributed by atoms with Crippen molar-refractivity contribution in [3.8, 4) is 0 Å². The molecule has 5 rings (SSSR count). The number of likely N-dealkylation sites (N-methyl/N-ethyl adjacent to an activating group) is 1. The molecular weight excluding hydrogens is 448 g/mol.